The predicted octanol–water partition coefficient (Wildman–Crippen LogP) is 0.189. The van der Waals surface area contributed by atoms with Gasteiger partial charge in [-0.25, -0.2) is 0 Å². The van der Waals surface area contributed by atoms with Gasteiger partial charge < -0.3 is 44.1 Å². The minimum Gasteiger partial charge on any atom is -0.493 e. The average molecular weight is 539 g/mol. The maximum atomic E-state index is 14.0. The molecule has 0 amide bonds. The van der Waals surface area contributed by atoms with Crippen molar-refractivity contribution in [1.29, 1.82) is 0 Å². The highest BCUT2D eigenvalue weighted by Gasteiger charge is 2.71. The van der Waals surface area contributed by atoms with Crippen LogP contribution in [0.25, 0.3) is 0 Å². The Labute approximate surface area is 221 Å². The summed E-state index contributed by atoms with van der Waals surface area (Å²) in [5, 5.41) is 40.4. The second-order valence-electron chi connectivity index (χ2n) is 11.6. The predicted molar refractivity (Wildman–Crippen MR) is 129 cm³/mol. The van der Waals surface area contributed by atoms with Crippen LogP contribution in [0.15, 0.2) is 23.2 Å². The molecule has 2 heterocycles. The molecule has 3 fully saturated rings. The second kappa shape index (κ2) is 9.65. The first-order chi connectivity index (χ1) is 17.9. The summed E-state index contributed by atoms with van der Waals surface area (Å²) in [4.78, 5) is 27.8. The maximum Gasteiger partial charge on any atom is 0.203 e. The standard InChI is InChI=1S/C27H38O11/c1-11-13-9-17(38-25-20(31)19(30)18(29)15(10-28)36-25)37-16-8-12-6-7-14(34-4)24(33)26(12,2)23(27(13,16)3)21(32)22(11)35-5/h7,12-13,15-20,23,25,28-31H,6,8-10H2,1-5H3. The van der Waals surface area contributed by atoms with Crippen LogP contribution < -0.4 is 0 Å². The van der Waals surface area contributed by atoms with Gasteiger partial charge in [0.25, 0.3) is 0 Å². The summed E-state index contributed by atoms with van der Waals surface area (Å²) in [6.07, 6.45) is -5.41. The Hall–Kier alpha value is -1.86. The zero-order chi connectivity index (χ0) is 27.7. The van der Waals surface area contributed by atoms with E-state index in [0.29, 0.717) is 12.8 Å². The third-order valence-corrected chi connectivity index (χ3v) is 9.98. The first-order valence-corrected chi connectivity index (χ1v) is 13.1. The molecule has 4 N–H and O–H groups in total. The van der Waals surface area contributed by atoms with E-state index in [9.17, 15) is 30.0 Å². The molecule has 212 valence electrons. The molecule has 0 bridgehead atoms. The number of allylic oxidation sites excluding steroid dienone is 4. The van der Waals surface area contributed by atoms with Crippen LogP contribution in [-0.4, -0.2) is 95.9 Å². The first kappa shape index (κ1) is 27.7. The van der Waals surface area contributed by atoms with E-state index >= 15 is 0 Å². The molecule has 0 spiro atoms. The summed E-state index contributed by atoms with van der Waals surface area (Å²) in [7, 11) is 2.91. The Morgan fingerprint density at radius 2 is 1.74 bits per heavy atom. The van der Waals surface area contributed by atoms with Gasteiger partial charge in [0.05, 0.1) is 26.9 Å². The van der Waals surface area contributed by atoms with Crippen molar-refractivity contribution in [2.45, 2.75) is 83.1 Å². The molecule has 38 heavy (non-hydrogen) atoms. The van der Waals surface area contributed by atoms with Crippen molar-refractivity contribution in [2.75, 3.05) is 20.8 Å². The molecule has 2 saturated heterocycles. The lowest BCUT2D eigenvalue weighted by Gasteiger charge is -2.64. The van der Waals surface area contributed by atoms with Gasteiger partial charge in [0.15, 0.2) is 24.1 Å². The monoisotopic (exact) mass is 538 g/mol. The van der Waals surface area contributed by atoms with Crippen LogP contribution in [0, 0.1) is 28.6 Å². The molecule has 5 rings (SSSR count). The maximum absolute atomic E-state index is 14.0. The third kappa shape index (κ3) is 3.67. The minimum atomic E-state index is -1.58. The summed E-state index contributed by atoms with van der Waals surface area (Å²) < 4.78 is 29.0. The molecule has 0 aromatic heterocycles. The van der Waals surface area contributed by atoms with Crippen LogP contribution >= 0.6 is 0 Å². The summed E-state index contributed by atoms with van der Waals surface area (Å²) in [6.45, 7) is 5.11. The number of aliphatic hydroxyl groups excluding tert-OH is 4. The van der Waals surface area contributed by atoms with Gasteiger partial charge in [-0.05, 0) is 43.3 Å². The molecule has 12 unspecified atom stereocenters. The van der Waals surface area contributed by atoms with Gasteiger partial charge in [0.2, 0.25) is 11.6 Å². The number of ketones is 2. The molecule has 2 aliphatic heterocycles. The van der Waals surface area contributed by atoms with Gasteiger partial charge in [0.1, 0.15) is 24.4 Å². The van der Waals surface area contributed by atoms with Gasteiger partial charge in [-0.3, -0.25) is 9.59 Å². The normalized spacial score (nSPS) is 48.7. The highest BCUT2D eigenvalue weighted by Crippen LogP contribution is 2.67. The van der Waals surface area contributed by atoms with Crippen molar-refractivity contribution < 1.29 is 53.7 Å². The van der Waals surface area contributed by atoms with Crippen LogP contribution in [0.4, 0.5) is 0 Å². The lowest BCUT2D eigenvalue weighted by atomic mass is 9.41. The molecular weight excluding hydrogens is 500 g/mol. The van der Waals surface area contributed by atoms with Crippen molar-refractivity contribution in [3.05, 3.63) is 23.2 Å². The quantitative estimate of drug-likeness (QED) is 0.378. The number of aliphatic hydroxyl groups is 4. The van der Waals surface area contributed by atoms with Crippen molar-refractivity contribution in [3.8, 4) is 0 Å². The molecule has 5 aliphatic rings. The van der Waals surface area contributed by atoms with Crippen LogP contribution in [0.3, 0.4) is 0 Å². The lowest BCUT2D eigenvalue weighted by Crippen LogP contribution is -2.69. The Balaban J connectivity index is 1.52. The fourth-order valence-electron chi connectivity index (χ4n) is 7.94. The summed E-state index contributed by atoms with van der Waals surface area (Å²) in [5.74, 6) is -1.09. The smallest absolute Gasteiger partial charge is 0.203 e. The molecular formula is C27H38O11. The molecule has 11 nitrogen and oxygen atoms in total. The number of methoxy groups -OCH3 is 2. The third-order valence-electron chi connectivity index (χ3n) is 9.98. The summed E-state index contributed by atoms with van der Waals surface area (Å²) in [6, 6.07) is 0. The molecule has 12 atom stereocenters. The van der Waals surface area contributed by atoms with Crippen molar-refractivity contribution >= 4 is 11.6 Å². The SMILES string of the molecule is COC1=CCC2CC3OC(OC4OC(CO)C(O)C(O)C4O)CC4C(C)=C(OC)C(=O)C(C2(C)C1=O)C34C. The van der Waals surface area contributed by atoms with Crippen LogP contribution in [0.1, 0.15) is 40.0 Å². The van der Waals surface area contributed by atoms with E-state index in [4.69, 9.17) is 23.7 Å². The molecule has 3 aliphatic carbocycles. The van der Waals surface area contributed by atoms with Gasteiger partial charge in [-0.2, -0.15) is 0 Å². The number of Topliss-reactive ketones (excluding diaryl/α,β-unsaturated/α-hetero) is 2. The first-order valence-electron chi connectivity index (χ1n) is 13.1. The number of carbonyl (C=O) groups excluding carboxylic acids is 2. The molecule has 0 radical (unpaired) electrons. The number of ether oxygens (including phenoxy) is 5. The van der Waals surface area contributed by atoms with Crippen LogP contribution in [-0.2, 0) is 33.3 Å². The topological polar surface area (TPSA) is 161 Å². The number of fused-ring (bicyclic) bond motifs is 2. The van der Waals surface area contributed by atoms with Crippen LogP contribution in [0.5, 0.6) is 0 Å². The average Bonchev–Trinajstić information content (AvgIpc) is 2.88. The number of hydrogen-bond acceptors (Lipinski definition) is 11. The highest BCUT2D eigenvalue weighted by molar-refractivity contribution is 6.07. The molecule has 1 saturated carbocycles. The summed E-state index contributed by atoms with van der Waals surface area (Å²) in [5.41, 5.74) is -1.03. The van der Waals surface area contributed by atoms with E-state index in [0.717, 1.165) is 5.57 Å². The minimum absolute atomic E-state index is 0.191. The zero-order valence-corrected chi connectivity index (χ0v) is 22.3. The largest absolute Gasteiger partial charge is 0.493 e. The van der Waals surface area contributed by atoms with Crippen LogP contribution in [0.2, 0.25) is 0 Å². The van der Waals surface area contributed by atoms with E-state index in [1.54, 1.807) is 6.08 Å². The Morgan fingerprint density at radius 3 is 2.37 bits per heavy atom. The van der Waals surface area contributed by atoms with E-state index in [2.05, 4.69) is 0 Å². The zero-order valence-electron chi connectivity index (χ0n) is 22.3. The van der Waals surface area contributed by atoms with Crippen molar-refractivity contribution in [1.82, 2.24) is 0 Å². The fourth-order valence-corrected chi connectivity index (χ4v) is 7.94. The molecule has 0 aromatic carbocycles. The van der Waals surface area contributed by atoms with Crippen molar-refractivity contribution in [2.24, 2.45) is 28.6 Å². The number of hydrogen-bond donors (Lipinski definition) is 4. The molecule has 0 aromatic rings. The van der Waals surface area contributed by atoms with Gasteiger partial charge in [0, 0.05) is 23.2 Å². The highest BCUT2D eigenvalue weighted by atomic mass is 16.8. The fraction of sp³-hybridized carbons (Fsp3) is 0.778. The Morgan fingerprint density at radius 1 is 1.03 bits per heavy atom. The van der Waals surface area contributed by atoms with E-state index < -0.39 is 66.5 Å². The van der Waals surface area contributed by atoms with Gasteiger partial charge in [-0.1, -0.05) is 13.8 Å². The van der Waals surface area contributed by atoms with E-state index in [-0.39, 0.29) is 41.3 Å². The van der Waals surface area contributed by atoms with Gasteiger partial charge >= 0.3 is 0 Å². The van der Waals surface area contributed by atoms with Crippen molar-refractivity contribution in [3.63, 3.8) is 0 Å². The van der Waals surface area contributed by atoms with E-state index in [1.165, 1.54) is 14.2 Å². The number of rotatable bonds is 5. The second-order valence-corrected chi connectivity index (χ2v) is 11.6. The molecule has 11 heteroatoms. The number of carbonyl (C=O) groups is 2. The lowest BCUT2D eigenvalue weighted by molar-refractivity contribution is -0.364. The van der Waals surface area contributed by atoms with E-state index in [1.807, 2.05) is 20.8 Å². The van der Waals surface area contributed by atoms with Gasteiger partial charge in [-0.15, -0.1) is 0 Å². The Bertz CT molecular complexity index is 1050. The summed E-state index contributed by atoms with van der Waals surface area (Å²) >= 11 is 0. The Kier molecular flexibility index (Phi) is 7.04.